The van der Waals surface area contributed by atoms with Crippen LogP contribution in [0.2, 0.25) is 0 Å². The second-order valence-corrected chi connectivity index (χ2v) is 4.63. The molecule has 4 atom stereocenters. The molecular formula is C10H12FN5O5. The molecule has 0 aliphatic carbocycles. The highest BCUT2D eigenvalue weighted by Gasteiger charge is 2.46. The Hall–Kier alpha value is -2.24. The number of imidazole rings is 1. The number of aromatic amines is 2. The monoisotopic (exact) mass is 301 g/mol. The molecule has 3 heterocycles. The van der Waals surface area contributed by atoms with Crippen molar-refractivity contribution in [2.45, 2.75) is 24.6 Å². The van der Waals surface area contributed by atoms with Crippen LogP contribution in [0.3, 0.4) is 0 Å². The van der Waals surface area contributed by atoms with Gasteiger partial charge in [0.15, 0.2) is 23.6 Å². The van der Waals surface area contributed by atoms with E-state index in [4.69, 9.17) is 15.6 Å². The molecule has 21 heavy (non-hydrogen) atoms. The summed E-state index contributed by atoms with van der Waals surface area (Å²) in [6.45, 7) is -0.665. The number of nitrogens with zero attached hydrogens (tertiary/aromatic N) is 2. The molecule has 0 radical (unpaired) electrons. The first-order chi connectivity index (χ1) is 9.93. The predicted molar refractivity (Wildman–Crippen MR) is 67.3 cm³/mol. The summed E-state index contributed by atoms with van der Waals surface area (Å²) in [5, 5.41) is 18.8. The summed E-state index contributed by atoms with van der Waals surface area (Å²) < 4.78 is 19.7. The van der Waals surface area contributed by atoms with E-state index in [9.17, 15) is 19.1 Å². The summed E-state index contributed by atoms with van der Waals surface area (Å²) in [4.78, 5) is 31.8. The highest BCUT2D eigenvalue weighted by atomic mass is 19.1. The standard InChI is InChI=1S/C10H12FN5O5/c11-3-2(1-17)21-8(5(3)18)16-6-4(13-10(16)20)7(19)15-9(12)14-6/h2-3,5,8,17-18H,1H2,(H,13,20)(H3,12,14,15,19)/t2-,3-,5-,8-/m1/s1. The molecule has 1 saturated heterocycles. The van der Waals surface area contributed by atoms with Crippen LogP contribution in [0.1, 0.15) is 6.23 Å². The van der Waals surface area contributed by atoms with Gasteiger partial charge < -0.3 is 20.7 Å². The lowest BCUT2D eigenvalue weighted by atomic mass is 10.1. The van der Waals surface area contributed by atoms with Crippen LogP contribution in [-0.2, 0) is 4.74 Å². The lowest BCUT2D eigenvalue weighted by molar-refractivity contribution is -0.0510. The number of H-pyrrole nitrogens is 2. The van der Waals surface area contributed by atoms with Gasteiger partial charge in [0.05, 0.1) is 6.61 Å². The molecule has 11 heteroatoms. The minimum atomic E-state index is -1.88. The molecule has 0 aromatic carbocycles. The minimum Gasteiger partial charge on any atom is -0.394 e. The number of hydrogen-bond donors (Lipinski definition) is 5. The maximum absolute atomic E-state index is 13.7. The number of nitrogens with one attached hydrogen (secondary N) is 2. The number of nitrogen functional groups attached to an aromatic ring is 1. The van der Waals surface area contributed by atoms with Crippen molar-refractivity contribution in [2.75, 3.05) is 12.3 Å². The maximum Gasteiger partial charge on any atom is 0.330 e. The van der Waals surface area contributed by atoms with Crippen LogP contribution in [0.4, 0.5) is 10.3 Å². The number of rotatable bonds is 2. The van der Waals surface area contributed by atoms with Crippen LogP contribution >= 0.6 is 0 Å². The fourth-order valence-corrected chi connectivity index (χ4v) is 2.33. The molecule has 1 aliphatic heterocycles. The fraction of sp³-hybridized carbons (Fsp3) is 0.500. The van der Waals surface area contributed by atoms with Gasteiger partial charge in [0, 0.05) is 0 Å². The molecule has 6 N–H and O–H groups in total. The number of fused-ring (bicyclic) bond motifs is 1. The molecular weight excluding hydrogens is 289 g/mol. The van der Waals surface area contributed by atoms with Crippen molar-refractivity contribution in [1.82, 2.24) is 19.5 Å². The number of aliphatic hydroxyl groups excluding tert-OH is 2. The summed E-state index contributed by atoms with van der Waals surface area (Å²) >= 11 is 0. The Kier molecular flexibility index (Phi) is 3.04. The van der Waals surface area contributed by atoms with Crippen molar-refractivity contribution < 1.29 is 19.3 Å². The quantitative estimate of drug-likeness (QED) is 0.413. The molecule has 0 bridgehead atoms. The van der Waals surface area contributed by atoms with Crippen LogP contribution in [0.15, 0.2) is 9.59 Å². The van der Waals surface area contributed by atoms with Gasteiger partial charge in [-0.25, -0.2) is 13.8 Å². The van der Waals surface area contributed by atoms with Crippen LogP contribution in [0.25, 0.3) is 11.2 Å². The van der Waals surface area contributed by atoms with Gasteiger partial charge in [0.25, 0.3) is 5.56 Å². The zero-order valence-corrected chi connectivity index (χ0v) is 10.5. The number of ether oxygens (including phenoxy) is 1. The second kappa shape index (κ2) is 4.65. The van der Waals surface area contributed by atoms with Crippen molar-refractivity contribution in [3.63, 3.8) is 0 Å². The summed E-state index contributed by atoms with van der Waals surface area (Å²) in [5.74, 6) is -0.247. The molecule has 0 unspecified atom stereocenters. The summed E-state index contributed by atoms with van der Waals surface area (Å²) in [6.07, 6.45) is -6.27. The summed E-state index contributed by atoms with van der Waals surface area (Å²) in [6, 6.07) is 0. The predicted octanol–water partition coefficient (Wildman–Crippen LogP) is -2.42. The minimum absolute atomic E-state index is 0.170. The third-order valence-electron chi connectivity index (χ3n) is 3.32. The molecule has 2 aromatic rings. The maximum atomic E-state index is 13.7. The topological polar surface area (TPSA) is 159 Å². The molecule has 2 aromatic heterocycles. The Labute approximate surface area is 115 Å². The van der Waals surface area contributed by atoms with Crippen molar-refractivity contribution in [1.29, 1.82) is 0 Å². The first kappa shape index (κ1) is 13.7. The number of aromatic nitrogens is 4. The van der Waals surface area contributed by atoms with E-state index < -0.39 is 42.5 Å². The van der Waals surface area contributed by atoms with E-state index in [1.807, 2.05) is 0 Å². The summed E-state index contributed by atoms with van der Waals surface area (Å²) in [5.41, 5.74) is 3.56. The van der Waals surface area contributed by atoms with Gasteiger partial charge in [-0.2, -0.15) is 4.98 Å². The Bertz CT molecular complexity index is 797. The Balaban J connectivity index is 2.20. The summed E-state index contributed by atoms with van der Waals surface area (Å²) in [7, 11) is 0. The van der Waals surface area contributed by atoms with Gasteiger partial charge >= 0.3 is 5.69 Å². The van der Waals surface area contributed by atoms with Crippen molar-refractivity contribution in [3.8, 4) is 0 Å². The molecule has 3 rings (SSSR count). The van der Waals surface area contributed by atoms with E-state index in [2.05, 4.69) is 15.0 Å². The van der Waals surface area contributed by atoms with Crippen LogP contribution in [-0.4, -0.2) is 54.7 Å². The van der Waals surface area contributed by atoms with Gasteiger partial charge in [0.1, 0.15) is 12.2 Å². The van der Waals surface area contributed by atoms with Crippen LogP contribution in [0, 0.1) is 0 Å². The van der Waals surface area contributed by atoms with E-state index in [0.717, 1.165) is 4.57 Å². The van der Waals surface area contributed by atoms with Crippen molar-refractivity contribution >= 4 is 17.1 Å². The van der Waals surface area contributed by atoms with E-state index in [-0.39, 0.29) is 17.1 Å². The second-order valence-electron chi connectivity index (χ2n) is 4.63. The third kappa shape index (κ3) is 1.93. The number of alkyl halides is 1. The number of anilines is 1. The normalized spacial score (nSPS) is 29.3. The largest absolute Gasteiger partial charge is 0.394 e. The number of aliphatic hydroxyl groups is 2. The van der Waals surface area contributed by atoms with E-state index in [1.54, 1.807) is 0 Å². The molecule has 0 spiro atoms. The Morgan fingerprint density at radius 1 is 1.43 bits per heavy atom. The smallest absolute Gasteiger partial charge is 0.330 e. The Morgan fingerprint density at radius 2 is 2.14 bits per heavy atom. The molecule has 0 saturated carbocycles. The van der Waals surface area contributed by atoms with Crippen LogP contribution < -0.4 is 17.0 Å². The first-order valence-corrected chi connectivity index (χ1v) is 6.02. The van der Waals surface area contributed by atoms with E-state index >= 15 is 0 Å². The van der Waals surface area contributed by atoms with Gasteiger partial charge in [-0.3, -0.25) is 14.8 Å². The number of nitrogens with two attached hydrogens (primary N) is 1. The molecule has 1 aliphatic rings. The average molecular weight is 301 g/mol. The number of hydrogen-bond acceptors (Lipinski definition) is 7. The average Bonchev–Trinajstić information content (AvgIpc) is 2.89. The van der Waals surface area contributed by atoms with Crippen LogP contribution in [0.5, 0.6) is 0 Å². The van der Waals surface area contributed by atoms with Gasteiger partial charge in [-0.15, -0.1) is 0 Å². The zero-order valence-electron chi connectivity index (χ0n) is 10.5. The zero-order chi connectivity index (χ0) is 15.3. The highest BCUT2D eigenvalue weighted by Crippen LogP contribution is 2.31. The van der Waals surface area contributed by atoms with Gasteiger partial charge in [-0.1, -0.05) is 0 Å². The highest BCUT2D eigenvalue weighted by molar-refractivity contribution is 5.70. The van der Waals surface area contributed by atoms with Gasteiger partial charge in [-0.05, 0) is 0 Å². The molecule has 1 fully saturated rings. The van der Waals surface area contributed by atoms with Gasteiger partial charge in [0.2, 0.25) is 5.95 Å². The number of halogens is 1. The lowest BCUT2D eigenvalue weighted by Gasteiger charge is -2.15. The molecule has 114 valence electrons. The molecule has 10 nitrogen and oxygen atoms in total. The fourth-order valence-electron chi connectivity index (χ4n) is 2.33. The lowest BCUT2D eigenvalue weighted by Crippen LogP contribution is -2.32. The van der Waals surface area contributed by atoms with Crippen molar-refractivity contribution in [2.24, 2.45) is 0 Å². The van der Waals surface area contributed by atoms with E-state index in [1.165, 1.54) is 0 Å². The molecule has 0 amide bonds. The Morgan fingerprint density at radius 3 is 2.76 bits per heavy atom. The first-order valence-electron chi connectivity index (χ1n) is 6.02. The third-order valence-corrected chi connectivity index (χ3v) is 3.32. The van der Waals surface area contributed by atoms with E-state index in [0.29, 0.717) is 0 Å². The SMILES string of the molecule is Nc1nc2c([nH]c(=O)n2[C@@H]2O[C@H](CO)[C@@H](F)[C@H]2O)c(=O)[nH]1. The van der Waals surface area contributed by atoms with Crippen molar-refractivity contribution in [3.05, 3.63) is 20.8 Å².